The van der Waals surface area contributed by atoms with Gasteiger partial charge >= 0.3 is 206 Å². The maximum absolute atomic E-state index is 12.8. The summed E-state index contributed by atoms with van der Waals surface area (Å²) in [6, 6.07) is 9.90. The normalized spacial score (nSPS) is 15.1. The number of ketones is 1. The number of hydrogen-bond donors (Lipinski definition) is 1. The molecule has 1 amide bonds. The Kier molecular flexibility index (Phi) is 7.00. The zero-order valence-corrected chi connectivity index (χ0v) is 21.5. The van der Waals surface area contributed by atoms with Crippen molar-refractivity contribution in [2.45, 2.75) is 40.0 Å². The predicted molar refractivity (Wildman–Crippen MR) is 133 cm³/mol. The molecule has 3 heterocycles. The topological polar surface area (TPSA) is 103 Å². The molecule has 0 bridgehead atoms. The molecule has 34 heavy (non-hydrogen) atoms. The zero-order chi connectivity index (χ0) is 24.3. The molecule has 0 unspecified atom stereocenters. The zero-order valence-electron chi connectivity index (χ0n) is 19.6. The van der Waals surface area contributed by atoms with Gasteiger partial charge in [-0.15, -0.1) is 0 Å². The Morgan fingerprint density at radius 1 is 1.15 bits per heavy atom. The number of nitriles is 1. The van der Waals surface area contributed by atoms with Crippen molar-refractivity contribution in [3.05, 3.63) is 53.4 Å². The third-order valence-corrected chi connectivity index (χ3v) is 7.84. The summed E-state index contributed by atoms with van der Waals surface area (Å²) in [7, 11) is 0. The molecule has 3 aromatic rings. The molecule has 173 valence electrons. The van der Waals surface area contributed by atoms with E-state index in [1.54, 1.807) is 23.4 Å². The van der Waals surface area contributed by atoms with Gasteiger partial charge in [-0.1, -0.05) is 0 Å². The van der Waals surface area contributed by atoms with E-state index >= 15 is 0 Å². The van der Waals surface area contributed by atoms with Gasteiger partial charge in [0.2, 0.25) is 0 Å². The van der Waals surface area contributed by atoms with Crippen molar-refractivity contribution < 1.29 is 9.59 Å². The van der Waals surface area contributed by atoms with Gasteiger partial charge < -0.3 is 0 Å². The second kappa shape index (κ2) is 9.95. The van der Waals surface area contributed by atoms with Crippen LogP contribution >= 0.6 is 0 Å². The van der Waals surface area contributed by atoms with Crippen molar-refractivity contribution >= 4 is 53.5 Å². The number of amides is 1. The van der Waals surface area contributed by atoms with Crippen LogP contribution < -0.4 is 8.83 Å². The molecule has 1 saturated heterocycles. The number of aromatic nitrogens is 3. The van der Waals surface area contributed by atoms with Gasteiger partial charge in [0.05, 0.1) is 0 Å². The number of Topliss-reactive ketones (excluding diaryl/α,β-unsaturated/α-hetero) is 1. The van der Waals surface area contributed by atoms with Crippen LogP contribution in [0.4, 0.5) is 0 Å². The molecule has 4 rings (SSSR count). The van der Waals surface area contributed by atoms with E-state index in [4.69, 9.17) is 4.98 Å². The van der Waals surface area contributed by atoms with E-state index in [2.05, 4.69) is 16.0 Å². The second-order valence-corrected chi connectivity index (χ2v) is 11.9. The number of benzene rings is 1. The van der Waals surface area contributed by atoms with Crippen LogP contribution in [0.15, 0.2) is 42.2 Å². The van der Waals surface area contributed by atoms with Crippen LogP contribution in [0.3, 0.4) is 0 Å². The molecule has 0 saturated carbocycles. The van der Waals surface area contributed by atoms with E-state index in [9.17, 15) is 14.9 Å². The molecule has 8 heteroatoms. The molecular weight excluding hydrogens is 489 g/mol. The van der Waals surface area contributed by atoms with E-state index < -0.39 is 21.2 Å². The monoisotopic (exact) mass is 516 g/mol. The van der Waals surface area contributed by atoms with E-state index in [-0.39, 0.29) is 17.3 Å². The average molecular weight is 516 g/mol. The van der Waals surface area contributed by atoms with Crippen molar-refractivity contribution in [2.75, 3.05) is 13.1 Å². The van der Waals surface area contributed by atoms with Crippen molar-refractivity contribution in [3.63, 3.8) is 0 Å². The molecule has 0 atom stereocenters. The molecular formula is C26H27AsN5O2. The minimum atomic E-state index is -0.498. The Bertz CT molecular complexity index is 1290. The number of H-pyrrole nitrogens is 1. The van der Waals surface area contributed by atoms with Gasteiger partial charge in [0.1, 0.15) is 0 Å². The van der Waals surface area contributed by atoms with Gasteiger partial charge in [0.25, 0.3) is 0 Å². The van der Waals surface area contributed by atoms with E-state index in [0.29, 0.717) is 16.7 Å². The first kappa shape index (κ1) is 23.9. The summed E-state index contributed by atoms with van der Waals surface area (Å²) >= 11 is -0.437. The molecule has 1 aliphatic heterocycles. The molecule has 1 N–H and O–H groups in total. The van der Waals surface area contributed by atoms with Gasteiger partial charge in [-0.05, 0) is 0 Å². The van der Waals surface area contributed by atoms with E-state index in [1.165, 1.54) is 0 Å². The fraction of sp³-hybridized carbons (Fsp3) is 0.346. The number of aromatic amines is 1. The summed E-state index contributed by atoms with van der Waals surface area (Å²) in [5, 5.41) is 9.52. The van der Waals surface area contributed by atoms with Crippen molar-refractivity contribution in [1.29, 1.82) is 5.26 Å². The van der Waals surface area contributed by atoms with Crippen LogP contribution in [-0.2, 0) is 4.79 Å². The Hall–Kier alpha value is -3.23. The average Bonchev–Trinajstić information content (AvgIpc) is 3.25. The van der Waals surface area contributed by atoms with Crippen molar-refractivity contribution in [2.24, 2.45) is 5.41 Å². The second-order valence-electron chi connectivity index (χ2n) is 9.43. The van der Waals surface area contributed by atoms with Gasteiger partial charge in [0.15, 0.2) is 0 Å². The molecule has 7 nitrogen and oxygen atoms in total. The summed E-state index contributed by atoms with van der Waals surface area (Å²) in [5.41, 5.74) is 2.28. The van der Waals surface area contributed by atoms with Gasteiger partial charge in [-0.25, -0.2) is 0 Å². The van der Waals surface area contributed by atoms with Crippen LogP contribution in [0, 0.1) is 16.7 Å². The van der Waals surface area contributed by atoms with E-state index in [1.807, 2.05) is 45.0 Å². The summed E-state index contributed by atoms with van der Waals surface area (Å²) in [5.74, 6) is -0.154. The number of carbonyl (C=O) groups is 2. The fourth-order valence-electron chi connectivity index (χ4n) is 3.87. The Morgan fingerprint density at radius 3 is 2.50 bits per heavy atom. The summed E-state index contributed by atoms with van der Waals surface area (Å²) in [4.78, 5) is 39.5. The van der Waals surface area contributed by atoms with Gasteiger partial charge in [-0.3, -0.25) is 0 Å². The Morgan fingerprint density at radius 2 is 1.85 bits per heavy atom. The van der Waals surface area contributed by atoms with Crippen LogP contribution in [0.5, 0.6) is 0 Å². The van der Waals surface area contributed by atoms with Crippen LogP contribution in [-0.4, -0.2) is 60.4 Å². The van der Waals surface area contributed by atoms with E-state index in [0.717, 1.165) is 46.7 Å². The molecule has 1 radical (unpaired) electrons. The summed E-state index contributed by atoms with van der Waals surface area (Å²) < 4.78 is 1.97. The fourth-order valence-corrected chi connectivity index (χ4v) is 5.60. The first-order chi connectivity index (χ1) is 16.3. The molecule has 1 fully saturated rings. The number of fused-ring (bicyclic) bond motifs is 1. The molecule has 1 aliphatic rings. The van der Waals surface area contributed by atoms with Gasteiger partial charge in [-0.2, -0.15) is 0 Å². The number of nitrogens with one attached hydrogen (secondary N) is 1. The van der Waals surface area contributed by atoms with Crippen LogP contribution in [0.1, 0.15) is 56.0 Å². The molecule has 1 aromatic carbocycles. The SMILES string of the molecule is CC(C)(C)C(=O)c1c[nH]c2ncc([As]c3ccc(C=C(C#N)C(=O)N4CCCCC4)cc3)nc12. The molecule has 0 spiro atoms. The number of carbonyl (C=O) groups excluding carboxylic acids is 2. The number of likely N-dealkylation sites (tertiary alicyclic amines) is 1. The van der Waals surface area contributed by atoms with Crippen molar-refractivity contribution in [1.82, 2.24) is 19.9 Å². The third-order valence-electron chi connectivity index (χ3n) is 5.74. The minimum absolute atomic E-state index is 0.0324. The standard InChI is InChI=1S/C26H27AsN5O2/c1-26(2,3)23(33)20-15-29-24-22(20)31-21(16-30-24)27-19-9-7-17(8-10-19)13-18(14-28)25(34)32-11-5-4-6-12-32/h7-10,13,15-16H,4-6,11-12H2,1-3H3,(H,29,30). The number of piperidine rings is 1. The Balaban J connectivity index is 1.51. The quantitative estimate of drug-likeness (QED) is 0.243. The molecule has 2 aromatic heterocycles. The van der Waals surface area contributed by atoms with Gasteiger partial charge in [0, 0.05) is 0 Å². The summed E-state index contributed by atoms with van der Waals surface area (Å²) in [6.45, 7) is 7.12. The molecule has 0 aliphatic carbocycles. The number of hydrogen-bond acceptors (Lipinski definition) is 5. The third kappa shape index (κ3) is 5.29. The first-order valence-electron chi connectivity index (χ1n) is 11.4. The maximum atomic E-state index is 12.8. The van der Waals surface area contributed by atoms with Crippen LogP contribution in [0.25, 0.3) is 17.2 Å². The number of rotatable bonds is 5. The Labute approximate surface area is 206 Å². The predicted octanol–water partition coefficient (Wildman–Crippen LogP) is 2.76. The van der Waals surface area contributed by atoms with Crippen LogP contribution in [0.2, 0.25) is 0 Å². The first-order valence-corrected chi connectivity index (χ1v) is 13.3. The van der Waals surface area contributed by atoms with Crippen molar-refractivity contribution in [3.8, 4) is 6.07 Å². The number of nitrogens with zero attached hydrogens (tertiary/aromatic N) is 4. The summed E-state index contributed by atoms with van der Waals surface area (Å²) in [6.07, 6.45) is 8.22.